The number of anilines is 1. The molecule has 2 aromatic rings. The van der Waals surface area contributed by atoms with Crippen LogP contribution < -0.4 is 25.2 Å². The lowest BCUT2D eigenvalue weighted by atomic mass is 10.1. The number of carbonyl (C=O) groups is 2. The van der Waals surface area contributed by atoms with Crippen molar-refractivity contribution < 1.29 is 40.7 Å². The molecule has 1 atom stereocenters. The molecule has 14 heteroatoms. The normalized spacial score (nSPS) is 18.7. The number of hydrogen-bond acceptors (Lipinski definition) is 7. The molecule has 0 spiro atoms. The fourth-order valence-corrected chi connectivity index (χ4v) is 4.55. The van der Waals surface area contributed by atoms with E-state index >= 15 is 0 Å². The van der Waals surface area contributed by atoms with Gasteiger partial charge < -0.3 is 20.5 Å². The first kappa shape index (κ1) is 25.1. The van der Waals surface area contributed by atoms with Gasteiger partial charge in [0.1, 0.15) is 0 Å². The Kier molecular flexibility index (Phi) is 6.66. The van der Waals surface area contributed by atoms with Crippen molar-refractivity contribution in [3.8, 4) is 11.5 Å². The predicted octanol–water partition coefficient (Wildman–Crippen LogP) is 1.62. The molecule has 1 heterocycles. The quantitative estimate of drug-likeness (QED) is 0.368. The Morgan fingerprint density at radius 3 is 2.24 bits per heavy atom. The number of nitrogens with one attached hydrogen (secondary N) is 2. The van der Waals surface area contributed by atoms with Gasteiger partial charge in [-0.3, -0.25) is 9.69 Å². The Bertz CT molecular complexity index is 1200. The summed E-state index contributed by atoms with van der Waals surface area (Å²) in [6.45, 7) is -0.457. The molecule has 0 bridgehead atoms. The molecule has 0 radical (unpaired) electrons. The second kappa shape index (κ2) is 9.02. The summed E-state index contributed by atoms with van der Waals surface area (Å²) in [5.74, 6) is -1.04. The molecule has 10 nitrogen and oxygen atoms in total. The molecule has 0 saturated carbocycles. The van der Waals surface area contributed by atoms with Crippen LogP contribution in [0.3, 0.4) is 0 Å². The number of alkyl halides is 3. The number of urea groups is 1. The highest BCUT2D eigenvalue weighted by molar-refractivity contribution is 7.89. The van der Waals surface area contributed by atoms with Crippen molar-refractivity contribution in [2.24, 2.45) is 0 Å². The van der Waals surface area contributed by atoms with Crippen LogP contribution in [0.5, 0.6) is 11.5 Å². The van der Waals surface area contributed by atoms with E-state index in [2.05, 4.69) is 0 Å². The van der Waals surface area contributed by atoms with E-state index in [9.17, 15) is 31.2 Å². The number of methoxy groups -OCH3 is 2. The van der Waals surface area contributed by atoms with Gasteiger partial charge in [0.05, 0.1) is 19.1 Å². The number of carbonyl (C=O) groups excluding carboxylic acids is 2. The van der Waals surface area contributed by atoms with Gasteiger partial charge in [0, 0.05) is 12.2 Å². The highest BCUT2D eigenvalue weighted by Gasteiger charge is 2.69. The zero-order valence-corrected chi connectivity index (χ0v) is 18.8. The molecule has 0 aliphatic carbocycles. The number of ether oxygens (including phenoxy) is 2. The maximum atomic E-state index is 14.0. The lowest BCUT2D eigenvalue weighted by molar-refractivity contribution is -0.198. The van der Waals surface area contributed by atoms with Crippen molar-refractivity contribution in [2.45, 2.75) is 23.2 Å². The second-order valence-electron chi connectivity index (χ2n) is 7.25. The minimum atomic E-state index is -5.49. The van der Waals surface area contributed by atoms with E-state index < -0.39 is 45.2 Å². The number of nitrogens with zero attached hydrogens (tertiary/aromatic N) is 1. The third kappa shape index (κ3) is 4.59. The van der Waals surface area contributed by atoms with Gasteiger partial charge in [0.2, 0.25) is 10.0 Å². The molecule has 3 rings (SSSR count). The van der Waals surface area contributed by atoms with Gasteiger partial charge in [0.15, 0.2) is 11.5 Å². The SMILES string of the molecule is COc1ccc(CCN2C(=O)N[C@@](NS(=O)(=O)c3ccc(N)cc3)(C(F)(F)F)C2=O)cc1OC. The Balaban J connectivity index is 1.87. The molecule has 34 heavy (non-hydrogen) atoms. The smallest absolute Gasteiger partial charge is 0.435 e. The van der Waals surface area contributed by atoms with Gasteiger partial charge in [-0.15, -0.1) is 0 Å². The standard InChI is InChI=1S/C20H21F3N4O6S/c1-32-15-8-3-12(11-16(15)33-2)9-10-27-17(28)19(20(21,22)23,25-18(27)29)26-34(30,31)14-6-4-13(24)5-7-14/h3-8,11,26H,9-10,24H2,1-2H3,(H,25,29)/t19-/m0/s1. The van der Waals surface area contributed by atoms with Crippen LogP contribution in [-0.4, -0.2) is 57.9 Å². The minimum absolute atomic E-state index is 0.0296. The second-order valence-corrected chi connectivity index (χ2v) is 8.93. The van der Waals surface area contributed by atoms with Crippen molar-refractivity contribution in [2.75, 3.05) is 26.5 Å². The number of imide groups is 1. The molecular formula is C20H21F3N4O6S. The van der Waals surface area contributed by atoms with Crippen molar-refractivity contribution in [1.82, 2.24) is 14.9 Å². The topological polar surface area (TPSA) is 140 Å². The van der Waals surface area contributed by atoms with Gasteiger partial charge in [0.25, 0.3) is 11.6 Å². The zero-order valence-electron chi connectivity index (χ0n) is 18.0. The van der Waals surface area contributed by atoms with E-state index in [4.69, 9.17) is 15.2 Å². The summed E-state index contributed by atoms with van der Waals surface area (Å²) in [5, 5.41) is 1.47. The highest BCUT2D eigenvalue weighted by atomic mass is 32.2. The van der Waals surface area contributed by atoms with Crippen LogP contribution in [-0.2, 0) is 21.2 Å². The molecule has 0 aromatic heterocycles. The first-order valence-corrected chi connectivity index (χ1v) is 11.1. The van der Waals surface area contributed by atoms with Crippen LogP contribution >= 0.6 is 0 Å². The third-order valence-electron chi connectivity index (χ3n) is 5.08. The summed E-state index contributed by atoms with van der Waals surface area (Å²) in [4.78, 5) is 24.9. The fourth-order valence-electron chi connectivity index (χ4n) is 3.28. The number of halogens is 3. The Labute approximate surface area is 192 Å². The summed E-state index contributed by atoms with van der Waals surface area (Å²) in [7, 11) is -2.07. The first-order chi connectivity index (χ1) is 15.8. The molecule has 184 valence electrons. The number of nitrogen functional groups attached to an aromatic ring is 1. The molecule has 1 saturated heterocycles. The number of amides is 3. The summed E-state index contributed by atoms with van der Waals surface area (Å²) in [5.41, 5.74) is 2.31. The summed E-state index contributed by atoms with van der Waals surface area (Å²) in [6, 6.07) is 7.55. The van der Waals surface area contributed by atoms with E-state index in [0.29, 0.717) is 22.0 Å². The van der Waals surface area contributed by atoms with E-state index in [0.717, 1.165) is 12.1 Å². The van der Waals surface area contributed by atoms with Gasteiger partial charge in [-0.25, -0.2) is 13.2 Å². The van der Waals surface area contributed by atoms with Crippen molar-refractivity contribution in [1.29, 1.82) is 0 Å². The third-order valence-corrected chi connectivity index (χ3v) is 6.55. The van der Waals surface area contributed by atoms with Crippen LogP contribution in [0.1, 0.15) is 5.56 Å². The number of nitrogens with two attached hydrogens (primary N) is 1. The lowest BCUT2D eigenvalue weighted by Gasteiger charge is -2.29. The van der Waals surface area contributed by atoms with Gasteiger partial charge >= 0.3 is 12.2 Å². The Morgan fingerprint density at radius 1 is 1.06 bits per heavy atom. The van der Waals surface area contributed by atoms with Gasteiger partial charge in [-0.1, -0.05) is 6.07 Å². The summed E-state index contributed by atoms with van der Waals surface area (Å²) >= 11 is 0. The molecule has 3 amide bonds. The van der Waals surface area contributed by atoms with E-state index in [1.165, 1.54) is 42.5 Å². The Hall–Kier alpha value is -3.52. The maximum absolute atomic E-state index is 14.0. The van der Waals surface area contributed by atoms with E-state index in [1.54, 1.807) is 12.1 Å². The molecule has 1 aliphatic heterocycles. The molecule has 4 N–H and O–H groups in total. The average Bonchev–Trinajstić information content (AvgIpc) is 3.01. The summed E-state index contributed by atoms with van der Waals surface area (Å²) in [6.07, 6.45) is -5.52. The molecule has 1 fully saturated rings. The number of benzene rings is 2. The van der Waals surface area contributed by atoms with Crippen molar-refractivity contribution in [3.05, 3.63) is 48.0 Å². The number of sulfonamides is 1. The minimum Gasteiger partial charge on any atom is -0.493 e. The zero-order chi connectivity index (χ0) is 25.3. The largest absolute Gasteiger partial charge is 0.493 e. The van der Waals surface area contributed by atoms with Crippen LogP contribution in [0.25, 0.3) is 0 Å². The molecule has 2 aromatic carbocycles. The van der Waals surface area contributed by atoms with Gasteiger partial charge in [-0.05, 0) is 48.4 Å². The lowest BCUT2D eigenvalue weighted by Crippen LogP contribution is -2.69. The number of hydrogen-bond donors (Lipinski definition) is 3. The highest BCUT2D eigenvalue weighted by Crippen LogP contribution is 2.35. The van der Waals surface area contributed by atoms with Crippen LogP contribution in [0.2, 0.25) is 0 Å². The van der Waals surface area contributed by atoms with Gasteiger partial charge in [-0.2, -0.15) is 17.9 Å². The Morgan fingerprint density at radius 2 is 1.68 bits per heavy atom. The fraction of sp³-hybridized carbons (Fsp3) is 0.300. The number of rotatable bonds is 8. The predicted molar refractivity (Wildman–Crippen MR) is 113 cm³/mol. The summed E-state index contributed by atoms with van der Waals surface area (Å²) < 4.78 is 78.9. The monoisotopic (exact) mass is 502 g/mol. The first-order valence-electron chi connectivity index (χ1n) is 9.66. The van der Waals surface area contributed by atoms with Crippen LogP contribution in [0.4, 0.5) is 23.7 Å². The van der Waals surface area contributed by atoms with Crippen LogP contribution in [0.15, 0.2) is 47.4 Å². The van der Waals surface area contributed by atoms with Crippen molar-refractivity contribution in [3.63, 3.8) is 0 Å². The van der Waals surface area contributed by atoms with Crippen molar-refractivity contribution >= 4 is 27.6 Å². The van der Waals surface area contributed by atoms with Crippen LogP contribution in [0, 0.1) is 0 Å². The van der Waals surface area contributed by atoms with E-state index in [-0.39, 0.29) is 12.1 Å². The molecule has 0 unspecified atom stereocenters. The average molecular weight is 502 g/mol. The molecular weight excluding hydrogens is 481 g/mol. The molecule has 1 aliphatic rings. The maximum Gasteiger partial charge on any atom is 0.435 e. The van der Waals surface area contributed by atoms with E-state index in [1.807, 2.05) is 0 Å².